The Morgan fingerprint density at radius 3 is 1.87 bits per heavy atom. The monoisotopic (exact) mass is 309 g/mol. The predicted molar refractivity (Wildman–Crippen MR) is 92.3 cm³/mol. The summed E-state index contributed by atoms with van der Waals surface area (Å²) in [5.74, 6) is -0.293. The number of rotatable bonds is 7. The predicted octanol–water partition coefficient (Wildman–Crippen LogP) is 4.50. The van der Waals surface area contributed by atoms with E-state index in [0.717, 1.165) is 17.5 Å². The maximum Gasteiger partial charge on any atom is 0.352 e. The molecule has 2 aromatic rings. The van der Waals surface area contributed by atoms with Crippen LogP contribution in [-0.2, 0) is 22.7 Å². The van der Waals surface area contributed by atoms with E-state index < -0.39 is 0 Å². The summed E-state index contributed by atoms with van der Waals surface area (Å²) in [6.07, 6.45) is 2.70. The van der Waals surface area contributed by atoms with Gasteiger partial charge < -0.3 is 4.84 Å². The van der Waals surface area contributed by atoms with Crippen molar-refractivity contribution in [3.05, 3.63) is 83.4 Å². The van der Waals surface area contributed by atoms with Crippen LogP contribution in [0.3, 0.4) is 0 Å². The van der Waals surface area contributed by atoms with Gasteiger partial charge >= 0.3 is 5.97 Å². The molecule has 0 bridgehead atoms. The van der Waals surface area contributed by atoms with Gasteiger partial charge in [-0.3, -0.25) is 0 Å². The summed E-state index contributed by atoms with van der Waals surface area (Å²) in [5, 5.41) is 1.71. The summed E-state index contributed by atoms with van der Waals surface area (Å²) < 4.78 is 0. The average molecular weight is 309 g/mol. The second kappa shape index (κ2) is 8.91. The topological polar surface area (TPSA) is 29.5 Å². The summed E-state index contributed by atoms with van der Waals surface area (Å²) in [6.45, 7) is 4.90. The van der Waals surface area contributed by atoms with Crippen LogP contribution in [0.4, 0.5) is 0 Å². The molecule has 0 heterocycles. The van der Waals surface area contributed by atoms with Crippen LogP contribution >= 0.6 is 0 Å². The minimum atomic E-state index is -0.293. The van der Waals surface area contributed by atoms with Crippen molar-refractivity contribution in [2.75, 3.05) is 0 Å². The van der Waals surface area contributed by atoms with Crippen LogP contribution in [0.2, 0.25) is 0 Å². The van der Waals surface area contributed by atoms with E-state index in [1.807, 2.05) is 73.7 Å². The largest absolute Gasteiger partial charge is 0.363 e. The van der Waals surface area contributed by atoms with Crippen LogP contribution < -0.4 is 0 Å². The number of nitrogens with zero attached hydrogens (tertiary/aromatic N) is 1. The zero-order chi connectivity index (χ0) is 16.5. The molecule has 0 fully saturated rings. The fraction of sp³-hybridized carbons (Fsp3) is 0.250. The molecule has 120 valence electrons. The Labute approximate surface area is 138 Å². The molecule has 0 aliphatic carbocycles. The fourth-order valence-electron chi connectivity index (χ4n) is 2.27. The molecule has 0 N–H and O–H groups in total. The Hall–Kier alpha value is -2.39. The first-order valence-corrected chi connectivity index (χ1v) is 7.91. The highest BCUT2D eigenvalue weighted by atomic mass is 16.7. The molecule has 2 rings (SSSR count). The van der Waals surface area contributed by atoms with Crippen molar-refractivity contribution in [3.63, 3.8) is 0 Å². The third-order valence-corrected chi connectivity index (χ3v) is 3.45. The minimum Gasteiger partial charge on any atom is -0.363 e. The summed E-state index contributed by atoms with van der Waals surface area (Å²) >= 11 is 0. The molecule has 3 heteroatoms. The minimum absolute atomic E-state index is 0.293. The normalized spacial score (nSPS) is 11.5. The van der Waals surface area contributed by atoms with Gasteiger partial charge in [-0.05, 0) is 24.5 Å². The molecule has 0 spiro atoms. The number of allylic oxidation sites excluding steroid dienone is 1. The highest BCUT2D eigenvalue weighted by Crippen LogP contribution is 2.12. The van der Waals surface area contributed by atoms with Crippen molar-refractivity contribution in [3.8, 4) is 0 Å². The van der Waals surface area contributed by atoms with Crippen molar-refractivity contribution < 1.29 is 9.63 Å². The average Bonchev–Trinajstić information content (AvgIpc) is 2.57. The van der Waals surface area contributed by atoms with E-state index in [1.54, 1.807) is 12.0 Å². The van der Waals surface area contributed by atoms with Crippen LogP contribution in [0.25, 0.3) is 0 Å². The Balaban J connectivity index is 2.10. The summed E-state index contributed by atoms with van der Waals surface area (Å²) in [6, 6.07) is 20.0. The van der Waals surface area contributed by atoms with Crippen LogP contribution in [0.5, 0.6) is 0 Å². The standard InChI is InChI=1S/C20H23NO2/c1-3-10-17(2)20(22)23-21(15-18-11-6-4-7-12-18)16-19-13-8-5-9-14-19/h4-14H,3,15-16H2,1-2H3. The van der Waals surface area contributed by atoms with Gasteiger partial charge in [0.15, 0.2) is 0 Å². The van der Waals surface area contributed by atoms with Crippen molar-refractivity contribution in [2.24, 2.45) is 0 Å². The lowest BCUT2D eigenvalue weighted by molar-refractivity contribution is -0.191. The van der Waals surface area contributed by atoms with Gasteiger partial charge in [-0.1, -0.05) is 73.7 Å². The summed E-state index contributed by atoms with van der Waals surface area (Å²) in [4.78, 5) is 17.8. The molecular formula is C20H23NO2. The van der Waals surface area contributed by atoms with E-state index in [1.165, 1.54) is 0 Å². The van der Waals surface area contributed by atoms with Crippen molar-refractivity contribution in [1.29, 1.82) is 0 Å². The number of hydrogen-bond donors (Lipinski definition) is 0. The molecule has 0 radical (unpaired) electrons. The quantitative estimate of drug-likeness (QED) is 0.557. The van der Waals surface area contributed by atoms with Crippen molar-refractivity contribution in [2.45, 2.75) is 33.4 Å². The van der Waals surface area contributed by atoms with Crippen LogP contribution in [0, 0.1) is 0 Å². The van der Waals surface area contributed by atoms with Crippen LogP contribution in [0.15, 0.2) is 72.3 Å². The Morgan fingerprint density at radius 1 is 0.957 bits per heavy atom. The molecule has 0 unspecified atom stereocenters. The molecule has 0 aliphatic rings. The van der Waals surface area contributed by atoms with Gasteiger partial charge in [0.05, 0.1) is 13.1 Å². The highest BCUT2D eigenvalue weighted by Gasteiger charge is 2.14. The third kappa shape index (κ3) is 5.72. The molecule has 0 aliphatic heterocycles. The maximum absolute atomic E-state index is 12.2. The first kappa shape index (κ1) is 17.0. The zero-order valence-corrected chi connectivity index (χ0v) is 13.7. The number of benzene rings is 2. The molecule has 3 nitrogen and oxygen atoms in total. The van der Waals surface area contributed by atoms with Gasteiger partial charge in [0, 0.05) is 5.57 Å². The van der Waals surface area contributed by atoms with E-state index >= 15 is 0 Å². The number of carbonyl (C=O) groups is 1. The second-order valence-electron chi connectivity index (χ2n) is 5.44. The van der Waals surface area contributed by atoms with Crippen molar-refractivity contribution >= 4 is 5.97 Å². The van der Waals surface area contributed by atoms with Gasteiger partial charge in [-0.2, -0.15) is 0 Å². The smallest absolute Gasteiger partial charge is 0.352 e. The Bertz CT molecular complexity index is 594. The Kier molecular flexibility index (Phi) is 6.57. The van der Waals surface area contributed by atoms with Gasteiger partial charge in [0.25, 0.3) is 0 Å². The molecule has 23 heavy (non-hydrogen) atoms. The number of hydroxylamine groups is 2. The first-order valence-electron chi connectivity index (χ1n) is 7.91. The second-order valence-corrected chi connectivity index (χ2v) is 5.44. The summed E-state index contributed by atoms with van der Waals surface area (Å²) in [7, 11) is 0. The maximum atomic E-state index is 12.2. The van der Waals surface area contributed by atoms with Gasteiger partial charge in [0.2, 0.25) is 0 Å². The summed E-state index contributed by atoms with van der Waals surface area (Å²) in [5.41, 5.74) is 2.85. The van der Waals surface area contributed by atoms with Gasteiger partial charge in [-0.15, -0.1) is 5.06 Å². The molecule has 0 saturated carbocycles. The molecule has 0 atom stereocenters. The highest BCUT2D eigenvalue weighted by molar-refractivity contribution is 5.87. The zero-order valence-electron chi connectivity index (χ0n) is 13.7. The number of carbonyl (C=O) groups excluding carboxylic acids is 1. The Morgan fingerprint density at radius 2 is 1.43 bits per heavy atom. The molecule has 0 amide bonds. The lowest BCUT2D eigenvalue weighted by Crippen LogP contribution is -2.27. The van der Waals surface area contributed by atoms with Crippen LogP contribution in [-0.4, -0.2) is 11.0 Å². The lowest BCUT2D eigenvalue weighted by atomic mass is 10.2. The first-order chi connectivity index (χ1) is 11.2. The number of hydrogen-bond acceptors (Lipinski definition) is 3. The van der Waals surface area contributed by atoms with E-state index in [2.05, 4.69) is 0 Å². The van der Waals surface area contributed by atoms with Gasteiger partial charge in [0.1, 0.15) is 0 Å². The van der Waals surface area contributed by atoms with Crippen LogP contribution in [0.1, 0.15) is 31.4 Å². The fourth-order valence-corrected chi connectivity index (χ4v) is 2.27. The van der Waals surface area contributed by atoms with E-state index in [9.17, 15) is 4.79 Å². The van der Waals surface area contributed by atoms with E-state index in [4.69, 9.17) is 4.84 Å². The molecule has 2 aromatic carbocycles. The lowest BCUT2D eigenvalue weighted by Gasteiger charge is -2.21. The molecule has 0 aromatic heterocycles. The molecule has 0 saturated heterocycles. The van der Waals surface area contributed by atoms with Crippen molar-refractivity contribution in [1.82, 2.24) is 5.06 Å². The SMILES string of the molecule is CCC=C(C)C(=O)ON(Cc1ccccc1)Cc1ccccc1. The van der Waals surface area contributed by atoms with E-state index in [-0.39, 0.29) is 5.97 Å². The van der Waals surface area contributed by atoms with E-state index in [0.29, 0.717) is 18.7 Å². The van der Waals surface area contributed by atoms with Gasteiger partial charge in [-0.25, -0.2) is 4.79 Å². The third-order valence-electron chi connectivity index (χ3n) is 3.45. The molecular weight excluding hydrogens is 286 g/mol.